The maximum atomic E-state index is 12.9. The van der Waals surface area contributed by atoms with Crippen molar-refractivity contribution in [1.82, 2.24) is 4.98 Å². The van der Waals surface area contributed by atoms with Crippen LogP contribution in [0.4, 0.5) is 10.8 Å². The largest absolute Gasteiger partial charge is 0.496 e. The normalized spacial score (nSPS) is 13.9. The fraction of sp³-hybridized carbons (Fsp3) is 0.292. The number of amides is 2. The average Bonchev–Trinajstić information content (AvgIpc) is 3.57. The van der Waals surface area contributed by atoms with Crippen molar-refractivity contribution in [2.45, 2.75) is 36.3 Å². The third-order valence-electron chi connectivity index (χ3n) is 5.11. The lowest BCUT2D eigenvalue weighted by atomic mass is 10.1. The zero-order chi connectivity index (χ0) is 22.5. The number of carbonyl (C=O) groups is 2. The molecule has 1 atom stereocenters. The molecule has 8 heteroatoms. The van der Waals surface area contributed by atoms with Gasteiger partial charge in [-0.1, -0.05) is 25.1 Å². The Morgan fingerprint density at radius 2 is 2.00 bits per heavy atom. The van der Waals surface area contributed by atoms with E-state index in [-0.39, 0.29) is 23.0 Å². The first-order chi connectivity index (χ1) is 15.6. The van der Waals surface area contributed by atoms with Crippen molar-refractivity contribution in [2.75, 3.05) is 17.7 Å². The number of ether oxygens (including phenoxy) is 1. The van der Waals surface area contributed by atoms with Gasteiger partial charge in [0.25, 0.3) is 0 Å². The van der Waals surface area contributed by atoms with E-state index in [1.54, 1.807) is 7.11 Å². The molecule has 3 aromatic rings. The molecule has 166 valence electrons. The van der Waals surface area contributed by atoms with Crippen LogP contribution in [0, 0.1) is 5.92 Å². The Morgan fingerprint density at radius 3 is 2.75 bits per heavy atom. The van der Waals surface area contributed by atoms with E-state index in [1.807, 2.05) is 60.8 Å². The van der Waals surface area contributed by atoms with Gasteiger partial charge in [-0.3, -0.25) is 9.59 Å². The molecular weight excluding hydrogens is 442 g/mol. The van der Waals surface area contributed by atoms with Crippen LogP contribution in [-0.2, 0) is 9.59 Å². The SMILES string of the molecule is CCC(Sc1cccc(NC(=O)C2CC2)c1)C(=O)Nc1nc(-c2ccccc2OC)cs1. The van der Waals surface area contributed by atoms with Crippen molar-refractivity contribution in [3.8, 4) is 17.0 Å². The smallest absolute Gasteiger partial charge is 0.239 e. The van der Waals surface area contributed by atoms with Crippen LogP contribution in [0.1, 0.15) is 26.2 Å². The number of para-hydroxylation sites is 1. The first-order valence-corrected chi connectivity index (χ1v) is 12.3. The number of anilines is 2. The quantitative estimate of drug-likeness (QED) is 0.396. The predicted octanol–water partition coefficient (Wildman–Crippen LogP) is 5.68. The molecule has 0 aliphatic heterocycles. The molecule has 2 amide bonds. The topological polar surface area (TPSA) is 80.3 Å². The van der Waals surface area contributed by atoms with E-state index < -0.39 is 0 Å². The fourth-order valence-electron chi connectivity index (χ4n) is 3.22. The van der Waals surface area contributed by atoms with Gasteiger partial charge in [0.1, 0.15) is 5.75 Å². The van der Waals surface area contributed by atoms with E-state index in [0.717, 1.165) is 40.4 Å². The molecule has 1 aliphatic rings. The molecule has 2 N–H and O–H groups in total. The molecule has 0 radical (unpaired) electrons. The maximum absolute atomic E-state index is 12.9. The second kappa shape index (κ2) is 10.2. The molecule has 1 saturated carbocycles. The van der Waals surface area contributed by atoms with Crippen LogP contribution in [0.5, 0.6) is 5.75 Å². The lowest BCUT2D eigenvalue weighted by Gasteiger charge is -2.14. The minimum atomic E-state index is -0.275. The number of thiazole rings is 1. The van der Waals surface area contributed by atoms with Gasteiger partial charge in [0.15, 0.2) is 5.13 Å². The van der Waals surface area contributed by atoms with Crippen molar-refractivity contribution >= 4 is 45.7 Å². The third kappa shape index (κ3) is 5.49. The average molecular weight is 468 g/mol. The van der Waals surface area contributed by atoms with Crippen LogP contribution in [0.25, 0.3) is 11.3 Å². The summed E-state index contributed by atoms with van der Waals surface area (Å²) in [5.41, 5.74) is 2.42. The number of methoxy groups -OCH3 is 1. The molecular formula is C24H25N3O3S2. The molecule has 4 rings (SSSR count). The Hall–Kier alpha value is -2.84. The van der Waals surface area contributed by atoms with Crippen molar-refractivity contribution in [1.29, 1.82) is 0 Å². The van der Waals surface area contributed by atoms with E-state index in [0.29, 0.717) is 11.6 Å². The number of aromatic nitrogens is 1. The third-order valence-corrected chi connectivity index (χ3v) is 7.22. The summed E-state index contributed by atoms with van der Waals surface area (Å²) in [7, 11) is 1.63. The van der Waals surface area contributed by atoms with Crippen LogP contribution >= 0.6 is 23.1 Å². The summed E-state index contributed by atoms with van der Waals surface area (Å²) in [5.74, 6) is 0.878. The molecule has 1 unspecified atom stereocenters. The second-order valence-corrected chi connectivity index (χ2v) is 9.67. The number of thioether (sulfide) groups is 1. The van der Waals surface area contributed by atoms with Crippen LogP contribution in [0.2, 0.25) is 0 Å². The molecule has 6 nitrogen and oxygen atoms in total. The highest BCUT2D eigenvalue weighted by Gasteiger charge is 2.29. The summed E-state index contributed by atoms with van der Waals surface area (Å²) >= 11 is 2.87. The van der Waals surface area contributed by atoms with E-state index >= 15 is 0 Å². The van der Waals surface area contributed by atoms with Gasteiger partial charge in [-0.15, -0.1) is 23.1 Å². The summed E-state index contributed by atoms with van der Waals surface area (Å²) in [6.07, 6.45) is 2.60. The highest BCUT2D eigenvalue weighted by Crippen LogP contribution is 2.34. The van der Waals surface area contributed by atoms with Gasteiger partial charge in [0.05, 0.1) is 18.1 Å². The van der Waals surface area contributed by atoms with Crippen molar-refractivity contribution in [2.24, 2.45) is 5.92 Å². The Balaban J connectivity index is 1.40. The van der Waals surface area contributed by atoms with Gasteiger partial charge in [-0.05, 0) is 49.6 Å². The molecule has 0 saturated heterocycles. The molecule has 1 aliphatic carbocycles. The number of benzene rings is 2. The Bertz CT molecular complexity index is 1110. The molecule has 0 bridgehead atoms. The van der Waals surface area contributed by atoms with Gasteiger partial charge in [-0.25, -0.2) is 4.98 Å². The molecule has 32 heavy (non-hydrogen) atoms. The van der Waals surface area contributed by atoms with E-state index in [1.165, 1.54) is 23.1 Å². The number of nitrogens with zero attached hydrogens (tertiary/aromatic N) is 1. The second-order valence-electron chi connectivity index (χ2n) is 7.53. The van der Waals surface area contributed by atoms with Crippen LogP contribution in [-0.4, -0.2) is 29.2 Å². The van der Waals surface area contributed by atoms with Crippen LogP contribution in [0.15, 0.2) is 58.8 Å². The number of hydrogen-bond donors (Lipinski definition) is 2. The molecule has 1 fully saturated rings. The van der Waals surface area contributed by atoms with Crippen molar-refractivity contribution < 1.29 is 14.3 Å². The summed E-state index contributed by atoms with van der Waals surface area (Å²) in [4.78, 5) is 30.5. The van der Waals surface area contributed by atoms with E-state index in [9.17, 15) is 9.59 Å². The van der Waals surface area contributed by atoms with Gasteiger partial charge < -0.3 is 15.4 Å². The Kier molecular flexibility index (Phi) is 7.12. The zero-order valence-electron chi connectivity index (χ0n) is 18.0. The summed E-state index contributed by atoms with van der Waals surface area (Å²) in [5, 5.41) is 8.10. The summed E-state index contributed by atoms with van der Waals surface area (Å²) < 4.78 is 5.41. The number of carbonyl (C=O) groups excluding carboxylic acids is 2. The molecule has 0 spiro atoms. The Morgan fingerprint density at radius 1 is 1.19 bits per heavy atom. The first-order valence-electron chi connectivity index (χ1n) is 10.5. The molecule has 2 aromatic carbocycles. The van der Waals surface area contributed by atoms with Crippen LogP contribution in [0.3, 0.4) is 0 Å². The Labute approximate surface area is 195 Å². The first kappa shape index (κ1) is 22.4. The van der Waals surface area contributed by atoms with Crippen molar-refractivity contribution in [3.05, 3.63) is 53.9 Å². The van der Waals surface area contributed by atoms with Crippen molar-refractivity contribution in [3.63, 3.8) is 0 Å². The van der Waals surface area contributed by atoms with Crippen LogP contribution < -0.4 is 15.4 Å². The highest BCUT2D eigenvalue weighted by molar-refractivity contribution is 8.00. The lowest BCUT2D eigenvalue weighted by Crippen LogP contribution is -2.24. The fourth-order valence-corrected chi connectivity index (χ4v) is 4.95. The van der Waals surface area contributed by atoms with Gasteiger partial charge >= 0.3 is 0 Å². The van der Waals surface area contributed by atoms with E-state index in [4.69, 9.17) is 4.74 Å². The summed E-state index contributed by atoms with van der Waals surface area (Å²) in [6, 6.07) is 15.3. The standard InChI is InChI=1S/C24H25N3O3S2/c1-3-21(32-17-8-6-7-16(13-17)25-22(28)15-11-12-15)23(29)27-24-26-19(14-31-24)18-9-4-5-10-20(18)30-2/h4-10,13-15,21H,3,11-12H2,1-2H3,(H,25,28)(H,26,27,29). The molecule has 1 heterocycles. The maximum Gasteiger partial charge on any atom is 0.239 e. The lowest BCUT2D eigenvalue weighted by molar-refractivity contribution is -0.117. The minimum absolute atomic E-state index is 0.0755. The van der Waals surface area contributed by atoms with Gasteiger partial charge in [-0.2, -0.15) is 0 Å². The summed E-state index contributed by atoms with van der Waals surface area (Å²) in [6.45, 7) is 1.98. The number of hydrogen-bond acceptors (Lipinski definition) is 6. The zero-order valence-corrected chi connectivity index (χ0v) is 19.6. The van der Waals surface area contributed by atoms with Gasteiger partial charge in [0.2, 0.25) is 11.8 Å². The minimum Gasteiger partial charge on any atom is -0.496 e. The predicted molar refractivity (Wildman–Crippen MR) is 130 cm³/mol. The highest BCUT2D eigenvalue weighted by atomic mass is 32.2. The van der Waals surface area contributed by atoms with Gasteiger partial charge in [0, 0.05) is 27.4 Å². The number of nitrogens with one attached hydrogen (secondary N) is 2. The molecule has 1 aromatic heterocycles. The van der Waals surface area contributed by atoms with E-state index in [2.05, 4.69) is 15.6 Å². The number of rotatable bonds is 9. The monoisotopic (exact) mass is 467 g/mol.